The Hall–Kier alpha value is -2.93. The van der Waals surface area contributed by atoms with Crippen LogP contribution in [0.1, 0.15) is 30.8 Å². The molecule has 0 spiro atoms. The number of halogens is 1. The normalized spacial score (nSPS) is 14.0. The van der Waals surface area contributed by atoms with Crippen LogP contribution in [0.3, 0.4) is 0 Å². The molecule has 12 heteroatoms. The maximum atomic E-state index is 14.1. The van der Waals surface area contributed by atoms with Gasteiger partial charge in [0.1, 0.15) is 33.8 Å². The summed E-state index contributed by atoms with van der Waals surface area (Å²) in [6, 6.07) is 10.3. The van der Waals surface area contributed by atoms with E-state index in [4.69, 9.17) is 18.9 Å². The first-order valence-corrected chi connectivity index (χ1v) is 13.9. The molecular weight excluding hydrogens is 578 g/mol. The number of ether oxygens (including phenoxy) is 4. The zero-order chi connectivity index (χ0) is 28.1. The number of rotatable bonds is 12. The maximum Gasteiger partial charge on any atom is 0.220 e. The SMILES string of the molecule is COc1ccc(CN(Cc2ccc(OC)cc2OC)S(=O)(=O)[C@@H](C)C(C)(O)c2ncc(Br)cn2)c(OC)c1. The van der Waals surface area contributed by atoms with Crippen LogP contribution >= 0.6 is 15.9 Å². The summed E-state index contributed by atoms with van der Waals surface area (Å²) in [6.07, 6.45) is 2.91. The van der Waals surface area contributed by atoms with Gasteiger partial charge in [0.15, 0.2) is 5.82 Å². The molecule has 10 nitrogen and oxygen atoms in total. The molecule has 0 amide bonds. The molecule has 3 aromatic rings. The van der Waals surface area contributed by atoms with Gasteiger partial charge in [-0.3, -0.25) is 0 Å². The van der Waals surface area contributed by atoms with Crippen molar-refractivity contribution >= 4 is 26.0 Å². The summed E-state index contributed by atoms with van der Waals surface area (Å²) in [4.78, 5) is 8.29. The Morgan fingerprint density at radius 1 is 0.895 bits per heavy atom. The molecule has 3 rings (SSSR count). The minimum Gasteiger partial charge on any atom is -0.497 e. The lowest BCUT2D eigenvalue weighted by molar-refractivity contribution is 0.0450. The largest absolute Gasteiger partial charge is 0.497 e. The zero-order valence-electron chi connectivity index (χ0n) is 22.1. The van der Waals surface area contributed by atoms with Gasteiger partial charge in [-0.05, 0) is 41.9 Å². The van der Waals surface area contributed by atoms with E-state index in [1.165, 1.54) is 59.0 Å². The van der Waals surface area contributed by atoms with Crippen molar-refractivity contribution in [1.82, 2.24) is 14.3 Å². The molecule has 0 aliphatic rings. The Bertz CT molecular complexity index is 1290. The predicted molar refractivity (Wildman–Crippen MR) is 146 cm³/mol. The molecule has 1 heterocycles. The van der Waals surface area contributed by atoms with Gasteiger partial charge in [-0.2, -0.15) is 4.31 Å². The summed E-state index contributed by atoms with van der Waals surface area (Å²) in [5.41, 5.74) is -0.682. The van der Waals surface area contributed by atoms with Gasteiger partial charge in [0.25, 0.3) is 0 Å². The van der Waals surface area contributed by atoms with Crippen LogP contribution in [-0.2, 0) is 28.7 Å². The summed E-state index contributed by atoms with van der Waals surface area (Å²) in [7, 11) is 1.90. The highest BCUT2D eigenvalue weighted by atomic mass is 79.9. The molecule has 2 atom stereocenters. The highest BCUT2D eigenvalue weighted by Crippen LogP contribution is 2.34. The van der Waals surface area contributed by atoms with E-state index < -0.39 is 20.9 Å². The summed E-state index contributed by atoms with van der Waals surface area (Å²) in [6.45, 7) is 2.72. The molecule has 206 valence electrons. The average Bonchev–Trinajstić information content (AvgIpc) is 2.92. The fourth-order valence-electron chi connectivity index (χ4n) is 3.85. The van der Waals surface area contributed by atoms with Crippen molar-refractivity contribution in [2.24, 2.45) is 0 Å². The molecule has 1 aromatic heterocycles. The molecule has 38 heavy (non-hydrogen) atoms. The van der Waals surface area contributed by atoms with E-state index in [9.17, 15) is 13.5 Å². The van der Waals surface area contributed by atoms with Crippen LogP contribution < -0.4 is 18.9 Å². The van der Waals surface area contributed by atoms with Gasteiger partial charge in [-0.15, -0.1) is 0 Å². The van der Waals surface area contributed by atoms with Gasteiger partial charge >= 0.3 is 0 Å². The molecule has 1 N–H and O–H groups in total. The third kappa shape index (κ3) is 6.37. The Balaban J connectivity index is 2.08. The summed E-state index contributed by atoms with van der Waals surface area (Å²) in [5, 5.41) is 10.1. The lowest BCUT2D eigenvalue weighted by Gasteiger charge is -2.33. The van der Waals surface area contributed by atoms with Gasteiger partial charge in [-0.25, -0.2) is 18.4 Å². The van der Waals surface area contributed by atoms with Gasteiger partial charge in [0.2, 0.25) is 10.0 Å². The zero-order valence-corrected chi connectivity index (χ0v) is 24.5. The van der Waals surface area contributed by atoms with E-state index in [1.54, 1.807) is 36.4 Å². The lowest BCUT2D eigenvalue weighted by atomic mass is 10.0. The minimum absolute atomic E-state index is 0.0132. The summed E-state index contributed by atoms with van der Waals surface area (Å²) >= 11 is 3.26. The highest BCUT2D eigenvalue weighted by molar-refractivity contribution is 9.10. The van der Waals surface area contributed by atoms with Crippen molar-refractivity contribution < 1.29 is 32.5 Å². The van der Waals surface area contributed by atoms with E-state index in [0.717, 1.165) is 0 Å². The second kappa shape index (κ2) is 12.3. The van der Waals surface area contributed by atoms with Crippen LogP contribution in [0, 0.1) is 0 Å². The lowest BCUT2D eigenvalue weighted by Crippen LogP contribution is -2.47. The van der Waals surface area contributed by atoms with Crippen molar-refractivity contribution in [3.8, 4) is 23.0 Å². The maximum absolute atomic E-state index is 14.1. The van der Waals surface area contributed by atoms with Gasteiger partial charge in [0, 0.05) is 48.7 Å². The molecule has 0 saturated heterocycles. The van der Waals surface area contributed by atoms with Crippen LogP contribution in [0.5, 0.6) is 23.0 Å². The first kappa shape index (κ1) is 29.6. The highest BCUT2D eigenvalue weighted by Gasteiger charge is 2.44. The minimum atomic E-state index is -4.18. The van der Waals surface area contributed by atoms with E-state index in [-0.39, 0.29) is 18.9 Å². The molecule has 0 aliphatic carbocycles. The fraction of sp³-hybridized carbons (Fsp3) is 0.385. The number of hydrogen-bond donors (Lipinski definition) is 1. The molecule has 0 bridgehead atoms. The average molecular weight is 611 g/mol. The predicted octanol–water partition coefficient (Wildman–Crippen LogP) is 3.90. The summed E-state index contributed by atoms with van der Waals surface area (Å²) < 4.78 is 51.8. The first-order valence-electron chi connectivity index (χ1n) is 11.6. The van der Waals surface area contributed by atoms with Crippen molar-refractivity contribution in [2.75, 3.05) is 28.4 Å². The number of hydrogen-bond acceptors (Lipinski definition) is 9. The van der Waals surface area contributed by atoms with Crippen LogP contribution in [0.4, 0.5) is 0 Å². The Morgan fingerprint density at radius 2 is 1.34 bits per heavy atom. The standard InChI is InChI=1S/C26H32BrN3O7S/c1-17(26(2,31)25-28-13-20(27)14-29-25)38(32,33)30(15-18-7-9-21(34-3)11-23(18)36-5)16-19-8-10-22(35-4)12-24(19)37-6/h7-14,17,31H,15-16H2,1-6H3/t17-,26?/m0/s1. The monoisotopic (exact) mass is 609 g/mol. The van der Waals surface area contributed by atoms with Crippen molar-refractivity contribution in [2.45, 2.75) is 37.8 Å². The van der Waals surface area contributed by atoms with Crippen molar-refractivity contribution in [3.05, 3.63) is 70.2 Å². The van der Waals surface area contributed by atoms with Crippen molar-refractivity contribution in [3.63, 3.8) is 0 Å². The molecule has 0 radical (unpaired) electrons. The third-order valence-electron chi connectivity index (χ3n) is 6.35. The van der Waals surface area contributed by atoms with Crippen molar-refractivity contribution in [1.29, 1.82) is 0 Å². The van der Waals surface area contributed by atoms with Gasteiger partial charge in [-0.1, -0.05) is 12.1 Å². The van der Waals surface area contributed by atoms with Crippen LogP contribution in [0.25, 0.3) is 0 Å². The molecule has 0 aliphatic heterocycles. The number of methoxy groups -OCH3 is 4. The number of aromatic nitrogens is 2. The second-order valence-electron chi connectivity index (χ2n) is 8.68. The van der Waals surface area contributed by atoms with Crippen LogP contribution in [-0.4, -0.2) is 61.5 Å². The molecular formula is C26H32BrN3O7S. The second-order valence-corrected chi connectivity index (χ2v) is 11.9. The number of aliphatic hydroxyl groups is 1. The smallest absolute Gasteiger partial charge is 0.220 e. The van der Waals surface area contributed by atoms with Crippen LogP contribution in [0.15, 0.2) is 53.3 Å². The third-order valence-corrected chi connectivity index (χ3v) is 9.09. The van der Waals surface area contributed by atoms with Gasteiger partial charge < -0.3 is 24.1 Å². The molecule has 2 aromatic carbocycles. The van der Waals surface area contributed by atoms with E-state index in [0.29, 0.717) is 38.6 Å². The van der Waals surface area contributed by atoms with E-state index in [1.807, 2.05) is 0 Å². The molecule has 0 saturated carbocycles. The number of nitrogens with zero attached hydrogens (tertiary/aromatic N) is 3. The number of benzene rings is 2. The van der Waals surface area contributed by atoms with Gasteiger partial charge in [0.05, 0.1) is 32.9 Å². The summed E-state index contributed by atoms with van der Waals surface area (Å²) in [5.74, 6) is 2.05. The first-order chi connectivity index (χ1) is 18.0. The molecule has 1 unspecified atom stereocenters. The Kier molecular flexibility index (Phi) is 9.58. The number of sulfonamides is 1. The topological polar surface area (TPSA) is 120 Å². The quantitative estimate of drug-likeness (QED) is 0.326. The van der Waals surface area contributed by atoms with E-state index >= 15 is 0 Å². The Labute approximate surface area is 231 Å². The fourth-order valence-corrected chi connectivity index (χ4v) is 5.83. The van der Waals surface area contributed by atoms with E-state index in [2.05, 4.69) is 25.9 Å². The Morgan fingerprint density at radius 3 is 1.74 bits per heavy atom. The molecule has 0 fully saturated rings. The van der Waals surface area contributed by atoms with Crippen LogP contribution in [0.2, 0.25) is 0 Å².